The number of benzene rings is 3. The molecule has 53 heavy (non-hydrogen) atoms. The molecule has 13 nitrogen and oxygen atoms in total. The van der Waals surface area contributed by atoms with Gasteiger partial charge < -0.3 is 30.0 Å². The number of imidazole rings is 1. The van der Waals surface area contributed by atoms with Gasteiger partial charge in [0.2, 0.25) is 15.9 Å². The summed E-state index contributed by atoms with van der Waals surface area (Å²) in [5, 5.41) is 26.8. The van der Waals surface area contributed by atoms with Crippen molar-refractivity contribution < 1.29 is 28.3 Å². The van der Waals surface area contributed by atoms with E-state index in [0.717, 1.165) is 22.4 Å². The molecule has 1 aromatic heterocycles. The van der Waals surface area contributed by atoms with E-state index in [-0.39, 0.29) is 42.9 Å². The molecule has 0 bridgehead atoms. The Hall–Kier alpha value is -4.79. The molecule has 1 aliphatic heterocycles. The van der Waals surface area contributed by atoms with Crippen LogP contribution < -0.4 is 5.32 Å². The Balaban J connectivity index is 1.39. The highest BCUT2D eigenvalue weighted by Gasteiger charge is 2.44. The van der Waals surface area contributed by atoms with Gasteiger partial charge in [-0.05, 0) is 53.1 Å². The maximum Gasteiger partial charge on any atom is 0.321 e. The van der Waals surface area contributed by atoms with Crippen LogP contribution in [0.25, 0.3) is 11.0 Å². The van der Waals surface area contributed by atoms with Crippen molar-refractivity contribution in [2.75, 3.05) is 26.2 Å². The molecule has 0 saturated carbocycles. The standard InChI is InChI=1S/C39H51N7O6S/c1-27(2)24-45(53(51,52)30-18-16-29(17-19-30)23-40-50)25-34(47)32(22-28-12-8-7-9-13-28)42-37(48)36(39(3,4)5)46-21-20-44(38(46)49)26-35-41-31-14-10-11-15-33(31)43(35)6/h7-19,23,27,32,34,36,47,50H,20-22,24-26H2,1-6H3,(H,42,48)/b40-23+/t32-,34?,36-/m0/s1. The zero-order chi connectivity index (χ0) is 38.5. The van der Waals surface area contributed by atoms with Crippen molar-refractivity contribution in [1.82, 2.24) is 29.0 Å². The second kappa shape index (κ2) is 16.5. The first kappa shape index (κ1) is 39.4. The van der Waals surface area contributed by atoms with Gasteiger partial charge in [-0.1, -0.05) is 94.4 Å². The second-order valence-electron chi connectivity index (χ2n) is 15.1. The molecular formula is C39H51N7O6S. The number of rotatable bonds is 15. The van der Waals surface area contributed by atoms with Gasteiger partial charge in [0.05, 0.1) is 40.8 Å². The van der Waals surface area contributed by atoms with Gasteiger partial charge in [-0.15, -0.1) is 0 Å². The molecule has 1 saturated heterocycles. The highest BCUT2D eigenvalue weighted by Crippen LogP contribution is 2.29. The summed E-state index contributed by atoms with van der Waals surface area (Å²) in [5.41, 5.74) is 2.48. The highest BCUT2D eigenvalue weighted by atomic mass is 32.2. The first-order valence-electron chi connectivity index (χ1n) is 17.9. The van der Waals surface area contributed by atoms with E-state index < -0.39 is 39.5 Å². The second-order valence-corrected chi connectivity index (χ2v) is 17.1. The van der Waals surface area contributed by atoms with E-state index in [0.29, 0.717) is 18.7 Å². The number of sulfonamides is 1. The number of oxime groups is 1. The maximum absolute atomic E-state index is 14.4. The minimum Gasteiger partial charge on any atom is -0.411 e. The Morgan fingerprint density at radius 1 is 1.00 bits per heavy atom. The van der Waals surface area contributed by atoms with E-state index in [4.69, 9.17) is 10.2 Å². The Morgan fingerprint density at radius 3 is 2.28 bits per heavy atom. The third-order valence-electron chi connectivity index (χ3n) is 9.49. The molecule has 14 heteroatoms. The van der Waals surface area contributed by atoms with Crippen molar-refractivity contribution in [3.63, 3.8) is 0 Å². The number of carbonyl (C=O) groups is 2. The van der Waals surface area contributed by atoms with Crippen LogP contribution in [0.2, 0.25) is 0 Å². The lowest BCUT2D eigenvalue weighted by atomic mass is 9.84. The van der Waals surface area contributed by atoms with Crippen LogP contribution in [-0.2, 0) is 34.8 Å². The van der Waals surface area contributed by atoms with Gasteiger partial charge in [-0.3, -0.25) is 4.79 Å². The Morgan fingerprint density at radius 2 is 1.66 bits per heavy atom. The number of aliphatic hydroxyl groups excluding tert-OH is 1. The molecule has 2 heterocycles. The van der Waals surface area contributed by atoms with Crippen molar-refractivity contribution in [1.29, 1.82) is 0 Å². The van der Waals surface area contributed by atoms with Gasteiger partial charge in [0.25, 0.3) is 0 Å². The Kier molecular flexibility index (Phi) is 12.3. The number of amides is 3. The topological polar surface area (TPSA) is 161 Å². The molecular weight excluding hydrogens is 695 g/mol. The first-order chi connectivity index (χ1) is 25.1. The lowest BCUT2D eigenvalue weighted by molar-refractivity contribution is -0.130. The summed E-state index contributed by atoms with van der Waals surface area (Å²) in [6.45, 7) is 10.3. The van der Waals surface area contributed by atoms with E-state index in [1.54, 1.807) is 9.80 Å². The van der Waals surface area contributed by atoms with Gasteiger partial charge in [-0.25, -0.2) is 18.2 Å². The summed E-state index contributed by atoms with van der Waals surface area (Å²) in [6, 6.07) is 21.0. The number of hydrogen-bond donors (Lipinski definition) is 3. The number of nitrogens with zero attached hydrogens (tertiary/aromatic N) is 6. The molecule has 3 amide bonds. The molecule has 3 N–H and O–H groups in total. The van der Waals surface area contributed by atoms with Crippen LogP contribution in [0.4, 0.5) is 4.79 Å². The normalized spacial score (nSPS) is 15.9. The number of aromatic nitrogens is 2. The number of fused-ring (bicyclic) bond motifs is 1. The minimum absolute atomic E-state index is 0.0209. The van der Waals surface area contributed by atoms with Crippen molar-refractivity contribution in [3.8, 4) is 0 Å². The monoisotopic (exact) mass is 745 g/mol. The summed E-state index contributed by atoms with van der Waals surface area (Å²) in [6.07, 6.45) is 0.114. The van der Waals surface area contributed by atoms with Crippen LogP contribution >= 0.6 is 0 Å². The van der Waals surface area contributed by atoms with E-state index in [1.807, 2.05) is 101 Å². The predicted octanol–water partition coefficient (Wildman–Crippen LogP) is 4.47. The van der Waals surface area contributed by atoms with Gasteiger partial charge in [0.1, 0.15) is 11.9 Å². The highest BCUT2D eigenvalue weighted by molar-refractivity contribution is 7.89. The number of aryl methyl sites for hydroxylation is 1. The van der Waals surface area contributed by atoms with Gasteiger partial charge in [-0.2, -0.15) is 4.31 Å². The van der Waals surface area contributed by atoms with E-state index in [2.05, 4.69) is 10.5 Å². The smallest absolute Gasteiger partial charge is 0.321 e. The molecule has 0 radical (unpaired) electrons. The average molecular weight is 746 g/mol. The minimum atomic E-state index is -4.07. The fraction of sp³-hybridized carbons (Fsp3) is 0.436. The number of aliphatic hydroxyl groups is 1. The van der Waals surface area contributed by atoms with Crippen LogP contribution in [0.5, 0.6) is 0 Å². The number of carbonyl (C=O) groups excluding carboxylic acids is 2. The molecule has 284 valence electrons. The van der Waals surface area contributed by atoms with Crippen molar-refractivity contribution >= 4 is 39.2 Å². The third kappa shape index (κ3) is 9.24. The Bertz CT molecular complexity index is 2010. The van der Waals surface area contributed by atoms with Crippen molar-refractivity contribution in [3.05, 3.63) is 95.8 Å². The van der Waals surface area contributed by atoms with Crippen molar-refractivity contribution in [2.45, 2.75) is 70.7 Å². The van der Waals surface area contributed by atoms with Gasteiger partial charge in [0, 0.05) is 33.2 Å². The van der Waals surface area contributed by atoms with Crippen LogP contribution in [-0.4, -0.2) is 105 Å². The van der Waals surface area contributed by atoms with Crippen LogP contribution in [0.3, 0.4) is 0 Å². The average Bonchev–Trinajstić information content (AvgIpc) is 3.62. The Labute approximate surface area is 312 Å². The molecule has 0 aliphatic carbocycles. The summed E-state index contributed by atoms with van der Waals surface area (Å²) in [5.74, 6) is 0.230. The molecule has 5 rings (SSSR count). The maximum atomic E-state index is 14.4. The molecule has 1 unspecified atom stereocenters. The lowest BCUT2D eigenvalue weighted by Gasteiger charge is -2.38. The summed E-state index contributed by atoms with van der Waals surface area (Å²) >= 11 is 0. The summed E-state index contributed by atoms with van der Waals surface area (Å²) in [4.78, 5) is 36.4. The van der Waals surface area contributed by atoms with Gasteiger partial charge in [0.15, 0.2) is 0 Å². The van der Waals surface area contributed by atoms with Crippen LogP contribution in [0.15, 0.2) is 88.9 Å². The summed E-state index contributed by atoms with van der Waals surface area (Å²) < 4.78 is 31.1. The fourth-order valence-electron chi connectivity index (χ4n) is 6.87. The predicted molar refractivity (Wildman–Crippen MR) is 204 cm³/mol. The van der Waals surface area contributed by atoms with Crippen molar-refractivity contribution in [2.24, 2.45) is 23.5 Å². The van der Waals surface area contributed by atoms with Crippen LogP contribution in [0, 0.1) is 11.3 Å². The first-order valence-corrected chi connectivity index (χ1v) is 19.3. The van der Waals surface area contributed by atoms with E-state index in [1.165, 1.54) is 34.8 Å². The van der Waals surface area contributed by atoms with E-state index >= 15 is 0 Å². The third-order valence-corrected chi connectivity index (χ3v) is 11.3. The lowest BCUT2D eigenvalue weighted by Crippen LogP contribution is -2.59. The van der Waals surface area contributed by atoms with Gasteiger partial charge >= 0.3 is 6.03 Å². The number of urea groups is 1. The fourth-order valence-corrected chi connectivity index (χ4v) is 8.49. The van der Waals surface area contributed by atoms with E-state index in [9.17, 15) is 23.1 Å². The molecule has 1 aliphatic rings. The summed E-state index contributed by atoms with van der Waals surface area (Å²) in [7, 11) is -2.15. The van der Waals surface area contributed by atoms with Crippen LogP contribution in [0.1, 0.15) is 51.6 Å². The zero-order valence-corrected chi connectivity index (χ0v) is 32.1. The molecule has 4 aromatic rings. The molecule has 1 fully saturated rings. The zero-order valence-electron chi connectivity index (χ0n) is 31.3. The molecule has 3 aromatic carbocycles. The largest absolute Gasteiger partial charge is 0.411 e. The SMILES string of the molecule is CC(C)CN(CC(O)[C@H](Cc1ccccc1)NC(=O)[C@H](N1CCN(Cc2nc3ccccc3n2C)C1=O)C(C)(C)C)S(=O)(=O)c1ccc(/C=N/O)cc1. The number of nitrogens with one attached hydrogen (secondary N) is 1. The molecule has 3 atom stereocenters. The number of hydrogen-bond acceptors (Lipinski definition) is 8. The quantitative estimate of drug-likeness (QED) is 0.0920. The number of para-hydroxylation sites is 2. The molecule has 0 spiro atoms.